The predicted molar refractivity (Wildman–Crippen MR) is 88.9 cm³/mol. The van der Waals surface area contributed by atoms with Gasteiger partial charge >= 0.3 is 0 Å². The van der Waals surface area contributed by atoms with Crippen molar-refractivity contribution in [1.82, 2.24) is 0 Å². The van der Waals surface area contributed by atoms with Crippen LogP contribution in [-0.4, -0.2) is 6.04 Å². The Morgan fingerprint density at radius 3 is 1.76 bits per heavy atom. The topological polar surface area (TPSA) is 26.0 Å². The minimum absolute atomic E-state index is 0.523. The molecule has 0 spiro atoms. The zero-order chi connectivity index (χ0) is 14.2. The Kier molecular flexibility index (Phi) is 4.31. The molecule has 1 nitrogen and oxygen atoms in total. The molecule has 0 aromatic heterocycles. The first-order chi connectivity index (χ1) is 10.3. The lowest BCUT2D eigenvalue weighted by Gasteiger charge is -2.54. The SMILES string of the molecule is NC1CCC(C2CC3CCCCC3C3CCCCC23)CC1. The van der Waals surface area contributed by atoms with E-state index in [1.807, 2.05) is 0 Å². The van der Waals surface area contributed by atoms with Crippen LogP contribution in [0.5, 0.6) is 0 Å². The molecule has 0 saturated heterocycles. The van der Waals surface area contributed by atoms with Crippen molar-refractivity contribution in [3.8, 4) is 0 Å². The van der Waals surface area contributed by atoms with Gasteiger partial charge in [0, 0.05) is 6.04 Å². The molecule has 4 aliphatic carbocycles. The van der Waals surface area contributed by atoms with Crippen LogP contribution in [-0.2, 0) is 0 Å². The van der Waals surface area contributed by atoms with E-state index in [1.54, 1.807) is 32.1 Å². The molecule has 2 N–H and O–H groups in total. The molecule has 0 aliphatic heterocycles. The van der Waals surface area contributed by atoms with Gasteiger partial charge in [-0.2, -0.15) is 0 Å². The largest absolute Gasteiger partial charge is 0.328 e. The summed E-state index contributed by atoms with van der Waals surface area (Å²) in [6.45, 7) is 0. The van der Waals surface area contributed by atoms with E-state index in [-0.39, 0.29) is 0 Å². The van der Waals surface area contributed by atoms with Crippen LogP contribution < -0.4 is 5.73 Å². The number of hydrogen-bond donors (Lipinski definition) is 1. The van der Waals surface area contributed by atoms with Crippen molar-refractivity contribution in [1.29, 1.82) is 0 Å². The van der Waals surface area contributed by atoms with Crippen molar-refractivity contribution < 1.29 is 0 Å². The quantitative estimate of drug-likeness (QED) is 0.711. The fraction of sp³-hybridized carbons (Fsp3) is 1.00. The molecule has 0 aromatic rings. The van der Waals surface area contributed by atoms with Gasteiger partial charge in [0.2, 0.25) is 0 Å². The molecular formula is C20H35N. The lowest BCUT2D eigenvalue weighted by atomic mass is 9.51. The van der Waals surface area contributed by atoms with Crippen molar-refractivity contribution >= 4 is 0 Å². The van der Waals surface area contributed by atoms with Crippen LogP contribution in [0, 0.1) is 35.5 Å². The molecular weight excluding hydrogens is 254 g/mol. The molecule has 120 valence electrons. The number of fused-ring (bicyclic) bond motifs is 3. The Labute approximate surface area is 131 Å². The summed E-state index contributed by atoms with van der Waals surface area (Å²) < 4.78 is 0. The summed E-state index contributed by atoms with van der Waals surface area (Å²) in [5.74, 6) is 6.60. The lowest BCUT2D eigenvalue weighted by molar-refractivity contribution is -0.0425. The Bertz CT molecular complexity index is 344. The number of rotatable bonds is 1. The lowest BCUT2D eigenvalue weighted by Crippen LogP contribution is -2.46. The predicted octanol–water partition coefficient (Wildman–Crippen LogP) is 5.14. The van der Waals surface area contributed by atoms with Crippen molar-refractivity contribution in [3.05, 3.63) is 0 Å². The Balaban J connectivity index is 1.52. The van der Waals surface area contributed by atoms with Crippen molar-refractivity contribution in [3.63, 3.8) is 0 Å². The third kappa shape index (κ3) is 2.80. The Morgan fingerprint density at radius 2 is 1.05 bits per heavy atom. The average molecular weight is 290 g/mol. The van der Waals surface area contributed by atoms with Crippen molar-refractivity contribution in [2.75, 3.05) is 0 Å². The summed E-state index contributed by atoms with van der Waals surface area (Å²) in [6.07, 6.45) is 19.5. The standard InChI is InChI=1S/C20H35N/c21-16-11-9-14(10-12-16)20-13-15-5-1-2-6-17(15)18-7-3-4-8-19(18)20/h14-20H,1-13,21H2. The highest BCUT2D eigenvalue weighted by atomic mass is 14.6. The van der Waals surface area contributed by atoms with Crippen LogP contribution in [0.1, 0.15) is 83.5 Å². The first kappa shape index (κ1) is 14.5. The smallest absolute Gasteiger partial charge is 0.00390 e. The second-order valence-electron chi connectivity index (χ2n) is 8.89. The van der Waals surface area contributed by atoms with Crippen LogP contribution in [0.2, 0.25) is 0 Å². The highest BCUT2D eigenvalue weighted by Gasteiger charge is 2.47. The normalized spacial score (nSPS) is 51.0. The van der Waals surface area contributed by atoms with Gasteiger partial charge in [-0.25, -0.2) is 0 Å². The summed E-state index contributed by atoms with van der Waals surface area (Å²) in [5.41, 5.74) is 6.16. The zero-order valence-electron chi connectivity index (χ0n) is 13.8. The maximum absolute atomic E-state index is 6.16. The molecule has 0 radical (unpaired) electrons. The molecule has 1 heteroatoms. The monoisotopic (exact) mass is 289 g/mol. The van der Waals surface area contributed by atoms with E-state index in [0.717, 1.165) is 35.5 Å². The average Bonchev–Trinajstić information content (AvgIpc) is 2.55. The second-order valence-corrected chi connectivity index (χ2v) is 8.89. The summed E-state index contributed by atoms with van der Waals surface area (Å²) >= 11 is 0. The summed E-state index contributed by atoms with van der Waals surface area (Å²) in [6, 6.07) is 0.523. The van der Waals surface area contributed by atoms with Gasteiger partial charge in [0.05, 0.1) is 0 Å². The van der Waals surface area contributed by atoms with E-state index < -0.39 is 0 Å². The molecule has 0 bridgehead atoms. The summed E-state index contributed by atoms with van der Waals surface area (Å²) in [7, 11) is 0. The van der Waals surface area contributed by atoms with Crippen LogP contribution >= 0.6 is 0 Å². The molecule has 4 fully saturated rings. The summed E-state index contributed by atoms with van der Waals surface area (Å²) in [5, 5.41) is 0. The van der Waals surface area contributed by atoms with Crippen LogP contribution in [0.4, 0.5) is 0 Å². The van der Waals surface area contributed by atoms with Crippen LogP contribution in [0.25, 0.3) is 0 Å². The molecule has 5 atom stereocenters. The van der Waals surface area contributed by atoms with Gasteiger partial charge < -0.3 is 5.73 Å². The highest BCUT2D eigenvalue weighted by molar-refractivity contribution is 4.97. The van der Waals surface area contributed by atoms with Gasteiger partial charge in [0.15, 0.2) is 0 Å². The third-order valence-electron chi connectivity index (χ3n) is 7.94. The molecule has 0 amide bonds. The minimum atomic E-state index is 0.523. The first-order valence-corrected chi connectivity index (χ1v) is 10.1. The molecule has 4 saturated carbocycles. The molecule has 4 aliphatic rings. The number of nitrogens with two attached hydrogens (primary N) is 1. The van der Waals surface area contributed by atoms with Gasteiger partial charge in [-0.3, -0.25) is 0 Å². The van der Waals surface area contributed by atoms with Crippen molar-refractivity contribution in [2.24, 2.45) is 41.2 Å². The summed E-state index contributed by atoms with van der Waals surface area (Å²) in [4.78, 5) is 0. The number of hydrogen-bond acceptors (Lipinski definition) is 1. The molecule has 0 aromatic carbocycles. The van der Waals surface area contributed by atoms with E-state index >= 15 is 0 Å². The van der Waals surface area contributed by atoms with E-state index in [0.29, 0.717) is 6.04 Å². The van der Waals surface area contributed by atoms with Gasteiger partial charge in [-0.1, -0.05) is 32.1 Å². The fourth-order valence-corrected chi connectivity index (χ4v) is 6.98. The highest BCUT2D eigenvalue weighted by Crippen LogP contribution is 2.56. The van der Waals surface area contributed by atoms with Gasteiger partial charge in [-0.15, -0.1) is 0 Å². The first-order valence-electron chi connectivity index (χ1n) is 10.1. The maximum atomic E-state index is 6.16. The molecule has 4 rings (SSSR count). The Morgan fingerprint density at radius 1 is 0.476 bits per heavy atom. The molecule has 5 unspecified atom stereocenters. The van der Waals surface area contributed by atoms with E-state index in [4.69, 9.17) is 5.73 Å². The van der Waals surface area contributed by atoms with Crippen LogP contribution in [0.3, 0.4) is 0 Å². The zero-order valence-corrected chi connectivity index (χ0v) is 13.8. The van der Waals surface area contributed by atoms with E-state index in [1.165, 1.54) is 51.4 Å². The molecule has 0 heterocycles. The molecule has 21 heavy (non-hydrogen) atoms. The Hall–Kier alpha value is -0.0400. The third-order valence-corrected chi connectivity index (χ3v) is 7.94. The second kappa shape index (κ2) is 6.22. The maximum Gasteiger partial charge on any atom is 0.00390 e. The minimum Gasteiger partial charge on any atom is -0.328 e. The van der Waals surface area contributed by atoms with E-state index in [2.05, 4.69) is 0 Å². The van der Waals surface area contributed by atoms with Gasteiger partial charge in [0.1, 0.15) is 0 Å². The van der Waals surface area contributed by atoms with E-state index in [9.17, 15) is 0 Å². The van der Waals surface area contributed by atoms with Crippen molar-refractivity contribution in [2.45, 2.75) is 89.5 Å². The fourth-order valence-electron chi connectivity index (χ4n) is 6.98. The van der Waals surface area contributed by atoms with Gasteiger partial charge in [-0.05, 0) is 86.9 Å². The van der Waals surface area contributed by atoms with Gasteiger partial charge in [0.25, 0.3) is 0 Å². The van der Waals surface area contributed by atoms with Crippen LogP contribution in [0.15, 0.2) is 0 Å².